The van der Waals surface area contributed by atoms with Gasteiger partial charge in [-0.15, -0.1) is 0 Å². The molecule has 0 aliphatic heterocycles. The van der Waals surface area contributed by atoms with Crippen LogP contribution < -0.4 is 5.73 Å². The maximum absolute atomic E-state index is 5.87. The third-order valence-electron chi connectivity index (χ3n) is 2.30. The predicted molar refractivity (Wildman–Crippen MR) is 62.5 cm³/mol. The molecule has 0 aliphatic rings. The quantitative estimate of drug-likeness (QED) is 0.653. The summed E-state index contributed by atoms with van der Waals surface area (Å²) in [6.45, 7) is 3.81. The maximum Gasteiger partial charge on any atom is 0.243 e. The number of aromatic nitrogens is 2. The molecule has 0 aromatic carbocycles. The van der Waals surface area contributed by atoms with Gasteiger partial charge in [0.05, 0.1) is 25.9 Å². The number of rotatable bonds is 9. The first-order valence-corrected chi connectivity index (χ1v) is 5.92. The Labute approximate surface area is 101 Å². The average molecular weight is 243 g/mol. The van der Waals surface area contributed by atoms with E-state index in [0.29, 0.717) is 38.0 Å². The first-order chi connectivity index (χ1) is 8.27. The molecule has 0 amide bonds. The van der Waals surface area contributed by atoms with Gasteiger partial charge in [-0.05, 0) is 6.42 Å². The molecule has 0 radical (unpaired) electrons. The van der Waals surface area contributed by atoms with E-state index in [2.05, 4.69) is 17.1 Å². The fourth-order valence-electron chi connectivity index (χ4n) is 1.36. The van der Waals surface area contributed by atoms with E-state index in [1.165, 1.54) is 0 Å². The van der Waals surface area contributed by atoms with E-state index < -0.39 is 0 Å². The number of ether oxygens (including phenoxy) is 2. The van der Waals surface area contributed by atoms with Crippen molar-refractivity contribution >= 4 is 0 Å². The van der Waals surface area contributed by atoms with Crippen molar-refractivity contribution in [3.8, 4) is 0 Å². The van der Waals surface area contributed by atoms with Crippen LogP contribution in [0.1, 0.15) is 37.5 Å². The summed E-state index contributed by atoms with van der Waals surface area (Å²) in [6, 6.07) is -0.157. The van der Waals surface area contributed by atoms with Gasteiger partial charge in [0.1, 0.15) is 0 Å². The standard InChI is InChI=1S/C11H21N3O3/c1-3-4-9(12)11-13-10(14-17-11)5-6-16-8-7-15-2/h9H,3-8,12H2,1-2H3/t9-/m0/s1. The number of nitrogens with zero attached hydrogens (tertiary/aromatic N) is 2. The molecule has 1 atom stereocenters. The monoisotopic (exact) mass is 243 g/mol. The van der Waals surface area contributed by atoms with Gasteiger partial charge in [-0.1, -0.05) is 18.5 Å². The minimum Gasteiger partial charge on any atom is -0.382 e. The minimum absolute atomic E-state index is 0.157. The number of hydrogen-bond acceptors (Lipinski definition) is 6. The molecule has 1 rings (SSSR count). The molecule has 1 aromatic rings. The van der Waals surface area contributed by atoms with Crippen molar-refractivity contribution in [2.45, 2.75) is 32.2 Å². The van der Waals surface area contributed by atoms with E-state index in [1.54, 1.807) is 7.11 Å². The molecule has 98 valence electrons. The SMILES string of the molecule is CCC[C@H](N)c1nc(CCOCCOC)no1. The highest BCUT2D eigenvalue weighted by molar-refractivity contribution is 4.91. The van der Waals surface area contributed by atoms with E-state index in [1.807, 2.05) is 0 Å². The van der Waals surface area contributed by atoms with Crippen LogP contribution in [0.25, 0.3) is 0 Å². The summed E-state index contributed by atoms with van der Waals surface area (Å²) < 4.78 is 15.3. The topological polar surface area (TPSA) is 83.4 Å². The van der Waals surface area contributed by atoms with E-state index in [9.17, 15) is 0 Å². The van der Waals surface area contributed by atoms with Gasteiger partial charge < -0.3 is 19.7 Å². The molecule has 0 saturated heterocycles. The highest BCUT2D eigenvalue weighted by atomic mass is 16.5. The van der Waals surface area contributed by atoms with Crippen molar-refractivity contribution in [3.63, 3.8) is 0 Å². The summed E-state index contributed by atoms with van der Waals surface area (Å²) in [5.41, 5.74) is 5.87. The molecule has 1 aromatic heterocycles. The van der Waals surface area contributed by atoms with Gasteiger partial charge in [-0.25, -0.2) is 0 Å². The molecule has 0 unspecified atom stereocenters. The van der Waals surface area contributed by atoms with Crippen LogP contribution in [0.5, 0.6) is 0 Å². The highest BCUT2D eigenvalue weighted by Gasteiger charge is 2.13. The predicted octanol–water partition coefficient (Wildman–Crippen LogP) is 1.07. The second kappa shape index (κ2) is 8.16. The summed E-state index contributed by atoms with van der Waals surface area (Å²) >= 11 is 0. The number of methoxy groups -OCH3 is 1. The van der Waals surface area contributed by atoms with Crippen LogP contribution in [0.4, 0.5) is 0 Å². The van der Waals surface area contributed by atoms with Crippen molar-refractivity contribution in [2.24, 2.45) is 5.73 Å². The maximum atomic E-state index is 5.87. The normalized spacial score (nSPS) is 12.9. The number of nitrogens with two attached hydrogens (primary N) is 1. The minimum atomic E-state index is -0.157. The Balaban J connectivity index is 2.25. The lowest BCUT2D eigenvalue weighted by Gasteiger charge is -2.02. The Morgan fingerprint density at radius 2 is 2.18 bits per heavy atom. The lowest BCUT2D eigenvalue weighted by molar-refractivity contribution is 0.0714. The summed E-state index contributed by atoms with van der Waals surface area (Å²) in [5.74, 6) is 1.16. The van der Waals surface area contributed by atoms with Gasteiger partial charge >= 0.3 is 0 Å². The van der Waals surface area contributed by atoms with Crippen LogP contribution in [0.3, 0.4) is 0 Å². The van der Waals surface area contributed by atoms with Crippen molar-refractivity contribution in [1.82, 2.24) is 10.1 Å². The molecule has 17 heavy (non-hydrogen) atoms. The Hall–Kier alpha value is -0.980. The third-order valence-corrected chi connectivity index (χ3v) is 2.30. The molecule has 0 aliphatic carbocycles. The van der Waals surface area contributed by atoms with Crippen LogP contribution in [0.15, 0.2) is 4.52 Å². The molecule has 0 bridgehead atoms. The smallest absolute Gasteiger partial charge is 0.243 e. The van der Waals surface area contributed by atoms with Crippen LogP contribution >= 0.6 is 0 Å². The van der Waals surface area contributed by atoms with Crippen LogP contribution in [0.2, 0.25) is 0 Å². The van der Waals surface area contributed by atoms with Crippen molar-refractivity contribution in [3.05, 3.63) is 11.7 Å². The molecule has 6 heteroatoms. The van der Waals surface area contributed by atoms with Crippen LogP contribution in [-0.4, -0.2) is 37.1 Å². The summed E-state index contributed by atoms with van der Waals surface area (Å²) in [4.78, 5) is 4.23. The van der Waals surface area contributed by atoms with Crippen molar-refractivity contribution < 1.29 is 14.0 Å². The largest absolute Gasteiger partial charge is 0.382 e. The molecule has 1 heterocycles. The van der Waals surface area contributed by atoms with Gasteiger partial charge in [0.15, 0.2) is 5.82 Å². The van der Waals surface area contributed by atoms with Gasteiger partial charge in [-0.3, -0.25) is 0 Å². The molecule has 6 nitrogen and oxygen atoms in total. The summed E-state index contributed by atoms with van der Waals surface area (Å²) in [6.07, 6.45) is 2.48. The Bertz CT molecular complexity index is 304. The van der Waals surface area contributed by atoms with Gasteiger partial charge in [0, 0.05) is 13.5 Å². The highest BCUT2D eigenvalue weighted by Crippen LogP contribution is 2.13. The molecule has 0 fully saturated rings. The third kappa shape index (κ3) is 5.25. The van der Waals surface area contributed by atoms with Crippen molar-refractivity contribution in [1.29, 1.82) is 0 Å². The summed E-state index contributed by atoms with van der Waals surface area (Å²) in [5, 5.41) is 3.86. The molecule has 0 spiro atoms. The lowest BCUT2D eigenvalue weighted by atomic mass is 10.2. The van der Waals surface area contributed by atoms with E-state index in [0.717, 1.165) is 12.8 Å². The molecule has 0 saturated carbocycles. The van der Waals surface area contributed by atoms with E-state index in [4.69, 9.17) is 19.7 Å². The molecule has 2 N–H and O–H groups in total. The van der Waals surface area contributed by atoms with Crippen molar-refractivity contribution in [2.75, 3.05) is 26.9 Å². The average Bonchev–Trinajstić information content (AvgIpc) is 2.78. The Morgan fingerprint density at radius 3 is 2.88 bits per heavy atom. The fraction of sp³-hybridized carbons (Fsp3) is 0.818. The zero-order chi connectivity index (χ0) is 12.5. The van der Waals surface area contributed by atoms with Gasteiger partial charge in [-0.2, -0.15) is 4.98 Å². The Morgan fingerprint density at radius 1 is 1.35 bits per heavy atom. The van der Waals surface area contributed by atoms with Crippen LogP contribution in [-0.2, 0) is 15.9 Å². The zero-order valence-electron chi connectivity index (χ0n) is 10.5. The van der Waals surface area contributed by atoms with Crippen LogP contribution in [0, 0.1) is 0 Å². The van der Waals surface area contributed by atoms with E-state index in [-0.39, 0.29) is 6.04 Å². The number of hydrogen-bond donors (Lipinski definition) is 1. The Kier molecular flexibility index (Phi) is 6.76. The molecular formula is C11H21N3O3. The first kappa shape index (κ1) is 14.1. The van der Waals surface area contributed by atoms with E-state index >= 15 is 0 Å². The van der Waals surface area contributed by atoms with Gasteiger partial charge in [0.25, 0.3) is 0 Å². The van der Waals surface area contributed by atoms with Gasteiger partial charge in [0.2, 0.25) is 5.89 Å². The lowest BCUT2D eigenvalue weighted by Crippen LogP contribution is -2.10. The second-order valence-electron chi connectivity index (χ2n) is 3.80. The fourth-order valence-corrected chi connectivity index (χ4v) is 1.36. The summed E-state index contributed by atoms with van der Waals surface area (Å²) in [7, 11) is 1.64. The zero-order valence-corrected chi connectivity index (χ0v) is 10.5. The first-order valence-electron chi connectivity index (χ1n) is 5.92. The molecular weight excluding hydrogens is 222 g/mol. The second-order valence-corrected chi connectivity index (χ2v) is 3.80.